The van der Waals surface area contributed by atoms with Crippen LogP contribution in [-0.2, 0) is 11.2 Å². The van der Waals surface area contributed by atoms with Gasteiger partial charge in [0.1, 0.15) is 5.54 Å². The van der Waals surface area contributed by atoms with Crippen molar-refractivity contribution in [3.05, 3.63) is 83.1 Å². The zero-order valence-corrected chi connectivity index (χ0v) is 18.3. The number of nitrogens with zero attached hydrogens (tertiary/aromatic N) is 2. The average Bonchev–Trinajstić information content (AvgIpc) is 3.33. The first-order chi connectivity index (χ1) is 14.7. The van der Waals surface area contributed by atoms with Crippen molar-refractivity contribution < 1.29 is 4.79 Å². The van der Waals surface area contributed by atoms with E-state index in [1.54, 1.807) is 4.90 Å². The highest BCUT2D eigenvalue weighted by atomic mass is 32.1. The highest BCUT2D eigenvalue weighted by molar-refractivity contribution is 7.09. The number of hydrogen-bond donors (Lipinski definition) is 1. The highest BCUT2D eigenvalue weighted by Crippen LogP contribution is 2.31. The summed E-state index contributed by atoms with van der Waals surface area (Å²) >= 11 is 1.82. The molecule has 0 atom stereocenters. The van der Waals surface area contributed by atoms with Crippen LogP contribution in [0.5, 0.6) is 0 Å². The summed E-state index contributed by atoms with van der Waals surface area (Å²) in [5, 5.41) is 5.76. The van der Waals surface area contributed by atoms with Crippen LogP contribution in [0.2, 0.25) is 0 Å². The third-order valence-corrected chi connectivity index (χ3v) is 6.92. The molecule has 3 aromatic rings. The molecule has 1 aliphatic rings. The second-order valence-corrected chi connectivity index (χ2v) is 8.98. The molecule has 4 nitrogen and oxygen atoms in total. The van der Waals surface area contributed by atoms with Crippen molar-refractivity contribution in [1.82, 2.24) is 4.90 Å². The van der Waals surface area contributed by atoms with E-state index in [1.165, 1.54) is 4.88 Å². The number of piperidine rings is 1. The smallest absolute Gasteiger partial charge is 0.252 e. The Bertz CT molecular complexity index is 920. The first-order valence-corrected chi connectivity index (χ1v) is 11.5. The Morgan fingerprint density at radius 3 is 2.30 bits per heavy atom. The molecule has 0 unspecified atom stereocenters. The Labute approximate surface area is 183 Å². The fourth-order valence-corrected chi connectivity index (χ4v) is 4.86. The molecular weight excluding hydrogens is 390 g/mol. The van der Waals surface area contributed by atoms with Crippen LogP contribution in [0, 0.1) is 0 Å². The minimum atomic E-state index is -0.592. The molecule has 0 radical (unpaired) electrons. The number of carbonyl (C=O) groups is 1. The number of likely N-dealkylation sites (tertiary alicyclic amines) is 1. The summed E-state index contributed by atoms with van der Waals surface area (Å²) in [6, 6.07) is 24.3. The maximum atomic E-state index is 13.7. The number of thiophene rings is 1. The minimum Gasteiger partial charge on any atom is -0.371 e. The summed E-state index contributed by atoms with van der Waals surface area (Å²) in [7, 11) is 1.88. The van der Waals surface area contributed by atoms with Crippen LogP contribution in [-0.4, -0.2) is 43.0 Å². The molecule has 1 aliphatic heterocycles. The number of hydrogen-bond acceptors (Lipinski definition) is 4. The Balaban J connectivity index is 1.49. The monoisotopic (exact) mass is 419 g/mol. The fraction of sp³-hybridized carbons (Fsp3) is 0.320. The number of nitrogens with one attached hydrogen (secondary N) is 1. The van der Waals surface area contributed by atoms with Crippen molar-refractivity contribution >= 4 is 28.6 Å². The van der Waals surface area contributed by atoms with Gasteiger partial charge in [-0.3, -0.25) is 4.79 Å². The normalized spacial score (nSPS) is 16.2. The average molecular weight is 420 g/mol. The molecule has 2 aromatic carbocycles. The molecule has 1 aromatic heterocycles. The highest BCUT2D eigenvalue weighted by Gasteiger charge is 2.43. The van der Waals surface area contributed by atoms with Crippen molar-refractivity contribution in [1.29, 1.82) is 0 Å². The van der Waals surface area contributed by atoms with Crippen LogP contribution in [0.3, 0.4) is 0 Å². The van der Waals surface area contributed by atoms with Gasteiger partial charge in [-0.2, -0.15) is 0 Å². The molecule has 0 saturated carbocycles. The van der Waals surface area contributed by atoms with Gasteiger partial charge in [-0.15, -0.1) is 11.3 Å². The number of benzene rings is 2. The van der Waals surface area contributed by atoms with Gasteiger partial charge in [0.2, 0.25) is 0 Å². The number of amides is 1. The van der Waals surface area contributed by atoms with Crippen LogP contribution < -0.4 is 10.2 Å². The molecular formula is C25H29N3OS. The van der Waals surface area contributed by atoms with Crippen molar-refractivity contribution in [2.75, 3.05) is 36.9 Å². The van der Waals surface area contributed by atoms with Crippen LogP contribution >= 0.6 is 11.3 Å². The quantitative estimate of drug-likeness (QED) is 0.592. The van der Waals surface area contributed by atoms with Gasteiger partial charge in [-0.1, -0.05) is 42.5 Å². The van der Waals surface area contributed by atoms with E-state index < -0.39 is 5.54 Å². The summed E-state index contributed by atoms with van der Waals surface area (Å²) in [6.07, 6.45) is 2.67. The van der Waals surface area contributed by atoms with Crippen LogP contribution in [0.1, 0.15) is 17.7 Å². The Morgan fingerprint density at radius 2 is 1.67 bits per heavy atom. The van der Waals surface area contributed by atoms with Crippen LogP contribution in [0.25, 0.3) is 0 Å². The summed E-state index contributed by atoms with van der Waals surface area (Å²) in [5.74, 6) is 0.135. The SMILES string of the molecule is CN(C(=O)C1(Nc2ccccc2)CCN(CCc2cccs2)CC1)c1ccccc1. The maximum absolute atomic E-state index is 13.7. The molecule has 30 heavy (non-hydrogen) atoms. The van der Waals surface area contributed by atoms with Gasteiger partial charge in [0, 0.05) is 42.9 Å². The first kappa shape index (κ1) is 20.6. The van der Waals surface area contributed by atoms with Crippen molar-refractivity contribution in [3.63, 3.8) is 0 Å². The number of carbonyl (C=O) groups excluding carboxylic acids is 1. The maximum Gasteiger partial charge on any atom is 0.252 e. The second kappa shape index (κ2) is 9.45. The van der Waals surface area contributed by atoms with E-state index in [2.05, 4.69) is 27.7 Å². The van der Waals surface area contributed by atoms with Gasteiger partial charge in [-0.25, -0.2) is 0 Å². The summed E-state index contributed by atoms with van der Waals surface area (Å²) < 4.78 is 0. The molecule has 0 spiro atoms. The first-order valence-electron chi connectivity index (χ1n) is 10.6. The second-order valence-electron chi connectivity index (χ2n) is 7.94. The molecule has 4 rings (SSSR count). The van der Waals surface area contributed by atoms with Gasteiger partial charge in [-0.05, 0) is 55.0 Å². The third-order valence-electron chi connectivity index (χ3n) is 5.98. The number of rotatable bonds is 7. The number of likely N-dealkylation sites (N-methyl/N-ethyl adjacent to an activating group) is 1. The Morgan fingerprint density at radius 1 is 1.00 bits per heavy atom. The molecule has 156 valence electrons. The molecule has 5 heteroatoms. The molecule has 0 bridgehead atoms. The minimum absolute atomic E-state index is 0.135. The standard InChI is InChI=1S/C25H29N3OS/c1-27(22-11-6-3-7-12-22)24(29)25(26-21-9-4-2-5-10-21)15-18-28(19-16-25)17-14-23-13-8-20-30-23/h2-13,20,26H,14-19H2,1H3. The summed E-state index contributed by atoms with van der Waals surface area (Å²) in [6.45, 7) is 2.88. The van der Waals surface area contributed by atoms with E-state index in [4.69, 9.17) is 0 Å². The number of para-hydroxylation sites is 2. The molecule has 1 fully saturated rings. The van der Waals surface area contributed by atoms with Gasteiger partial charge in [0.05, 0.1) is 0 Å². The van der Waals surface area contributed by atoms with E-state index in [0.717, 1.165) is 50.3 Å². The lowest BCUT2D eigenvalue weighted by atomic mass is 9.85. The van der Waals surface area contributed by atoms with Gasteiger partial charge in [0.25, 0.3) is 5.91 Å². The van der Waals surface area contributed by atoms with Crippen molar-refractivity contribution in [2.24, 2.45) is 0 Å². The van der Waals surface area contributed by atoms with Gasteiger partial charge < -0.3 is 15.1 Å². The van der Waals surface area contributed by atoms with Crippen LogP contribution in [0.15, 0.2) is 78.2 Å². The van der Waals surface area contributed by atoms with E-state index in [0.29, 0.717) is 0 Å². The zero-order valence-electron chi connectivity index (χ0n) is 17.5. The predicted molar refractivity (Wildman–Crippen MR) is 126 cm³/mol. The zero-order chi connectivity index (χ0) is 20.8. The molecule has 0 aliphatic carbocycles. The largest absolute Gasteiger partial charge is 0.371 e. The lowest BCUT2D eigenvalue weighted by Crippen LogP contribution is -2.59. The molecule has 2 heterocycles. The van der Waals surface area contributed by atoms with E-state index in [9.17, 15) is 4.79 Å². The summed E-state index contributed by atoms with van der Waals surface area (Å²) in [5.41, 5.74) is 1.34. The van der Waals surface area contributed by atoms with Gasteiger partial charge in [0.15, 0.2) is 0 Å². The molecule has 1 saturated heterocycles. The molecule has 1 amide bonds. The number of anilines is 2. The Hall–Kier alpha value is -2.63. The van der Waals surface area contributed by atoms with Crippen LogP contribution in [0.4, 0.5) is 11.4 Å². The van der Waals surface area contributed by atoms with E-state index in [-0.39, 0.29) is 5.91 Å². The predicted octanol–water partition coefficient (Wildman–Crippen LogP) is 4.90. The third kappa shape index (κ3) is 4.74. The van der Waals surface area contributed by atoms with E-state index >= 15 is 0 Å². The van der Waals surface area contributed by atoms with Crippen molar-refractivity contribution in [3.8, 4) is 0 Å². The van der Waals surface area contributed by atoms with E-state index in [1.807, 2.05) is 79.0 Å². The topological polar surface area (TPSA) is 35.6 Å². The lowest BCUT2D eigenvalue weighted by molar-refractivity contribution is -0.124. The Kier molecular flexibility index (Phi) is 6.50. The fourth-order valence-electron chi connectivity index (χ4n) is 4.16. The lowest BCUT2D eigenvalue weighted by Gasteiger charge is -2.43. The molecule has 1 N–H and O–H groups in total. The van der Waals surface area contributed by atoms with Crippen molar-refractivity contribution in [2.45, 2.75) is 24.8 Å². The van der Waals surface area contributed by atoms with Gasteiger partial charge >= 0.3 is 0 Å². The summed E-state index contributed by atoms with van der Waals surface area (Å²) in [4.78, 5) is 19.4.